The molecule has 118 valence electrons. The van der Waals surface area contributed by atoms with Gasteiger partial charge in [-0.1, -0.05) is 59.6 Å². The largest absolute Gasteiger partial charge is 0.256 e. The molecule has 2 nitrogen and oxygen atoms in total. The first-order valence-corrected chi connectivity index (χ1v) is 8.89. The molecule has 3 rings (SSSR count). The fourth-order valence-corrected chi connectivity index (χ4v) is 3.93. The van der Waals surface area contributed by atoms with E-state index in [0.29, 0.717) is 5.15 Å². The normalized spacial score (nSPS) is 11.0. The minimum atomic E-state index is 0.710. The van der Waals surface area contributed by atoms with Crippen molar-refractivity contribution in [3.05, 3.63) is 70.4 Å². The average Bonchev–Trinajstić information content (AvgIpc) is 2.84. The van der Waals surface area contributed by atoms with Gasteiger partial charge in [-0.2, -0.15) is 5.10 Å². The van der Waals surface area contributed by atoms with E-state index >= 15 is 0 Å². The van der Waals surface area contributed by atoms with E-state index in [1.54, 1.807) is 4.68 Å². The van der Waals surface area contributed by atoms with Crippen LogP contribution in [0.1, 0.15) is 16.7 Å². The van der Waals surface area contributed by atoms with Gasteiger partial charge in [0.05, 0.1) is 5.69 Å². The van der Waals surface area contributed by atoms with Crippen molar-refractivity contribution in [1.29, 1.82) is 0 Å². The molecular weight excluding hydrogens is 324 g/mol. The predicted molar refractivity (Wildman–Crippen MR) is 99.1 cm³/mol. The molecule has 1 aromatic heterocycles. The molecule has 23 heavy (non-hydrogen) atoms. The second-order valence-corrected chi connectivity index (χ2v) is 7.04. The van der Waals surface area contributed by atoms with Gasteiger partial charge in [0.15, 0.2) is 0 Å². The highest BCUT2D eigenvalue weighted by Crippen LogP contribution is 2.34. The third-order valence-corrected chi connectivity index (χ3v) is 5.49. The molecule has 1 heterocycles. The molecule has 0 N–H and O–H groups in total. The van der Waals surface area contributed by atoms with Gasteiger partial charge in [-0.25, -0.2) is 0 Å². The van der Waals surface area contributed by atoms with Crippen LogP contribution in [0.25, 0.3) is 11.3 Å². The smallest absolute Gasteiger partial charge is 0.131 e. The summed E-state index contributed by atoms with van der Waals surface area (Å²) >= 11 is 8.30. The molecule has 0 aliphatic rings. The summed E-state index contributed by atoms with van der Waals surface area (Å²) in [7, 11) is 1.89. The molecule has 0 atom stereocenters. The van der Waals surface area contributed by atoms with Crippen LogP contribution in [0.4, 0.5) is 0 Å². The molecule has 3 aromatic rings. The maximum atomic E-state index is 6.49. The maximum Gasteiger partial charge on any atom is 0.131 e. The first-order chi connectivity index (χ1) is 11.1. The number of benzene rings is 2. The summed E-state index contributed by atoms with van der Waals surface area (Å²) in [6, 6.07) is 16.8. The van der Waals surface area contributed by atoms with Gasteiger partial charge in [0, 0.05) is 28.8 Å². The lowest BCUT2D eigenvalue weighted by molar-refractivity contribution is 0.771. The molecule has 0 bridgehead atoms. The van der Waals surface area contributed by atoms with Gasteiger partial charge in [0.25, 0.3) is 0 Å². The molecule has 0 saturated heterocycles. The van der Waals surface area contributed by atoms with Gasteiger partial charge in [0.2, 0.25) is 0 Å². The average molecular weight is 343 g/mol. The zero-order chi connectivity index (χ0) is 16.4. The van der Waals surface area contributed by atoms with Crippen LogP contribution in [0.15, 0.2) is 53.4 Å². The van der Waals surface area contributed by atoms with Crippen LogP contribution in [-0.4, -0.2) is 9.78 Å². The van der Waals surface area contributed by atoms with Crippen LogP contribution in [0.5, 0.6) is 0 Å². The summed E-state index contributed by atoms with van der Waals surface area (Å²) in [6.45, 7) is 4.26. The lowest BCUT2D eigenvalue weighted by Crippen LogP contribution is -1.89. The standard InChI is InChI=1S/C19H19ClN2S/c1-13-9-10-14(2)17(11-13)23-12-16-18(21-22(3)19(16)20)15-7-5-4-6-8-15/h4-11H,12H2,1-3H3. The Kier molecular flexibility index (Phi) is 4.79. The van der Waals surface area contributed by atoms with E-state index in [-0.39, 0.29) is 0 Å². The third kappa shape index (κ3) is 3.46. The van der Waals surface area contributed by atoms with E-state index < -0.39 is 0 Å². The summed E-state index contributed by atoms with van der Waals surface area (Å²) in [5.41, 5.74) is 5.73. The molecule has 0 aliphatic carbocycles. The Bertz CT molecular complexity index is 825. The van der Waals surface area contributed by atoms with E-state index in [1.165, 1.54) is 16.0 Å². The summed E-state index contributed by atoms with van der Waals surface area (Å²) in [5.74, 6) is 0.807. The minimum Gasteiger partial charge on any atom is -0.256 e. The molecule has 0 amide bonds. The van der Waals surface area contributed by atoms with Crippen molar-refractivity contribution < 1.29 is 0 Å². The molecule has 0 aliphatic heterocycles. The molecule has 0 saturated carbocycles. The number of thioether (sulfide) groups is 1. The first-order valence-electron chi connectivity index (χ1n) is 7.53. The third-order valence-electron chi connectivity index (χ3n) is 3.83. The minimum absolute atomic E-state index is 0.710. The quantitative estimate of drug-likeness (QED) is 0.570. The predicted octanol–water partition coefficient (Wildman–Crippen LogP) is 5.65. The Balaban J connectivity index is 1.92. The van der Waals surface area contributed by atoms with E-state index in [0.717, 1.165) is 22.6 Å². The highest BCUT2D eigenvalue weighted by molar-refractivity contribution is 7.98. The van der Waals surface area contributed by atoms with E-state index in [2.05, 4.69) is 49.3 Å². The van der Waals surface area contributed by atoms with Crippen molar-refractivity contribution in [3.8, 4) is 11.3 Å². The second-order valence-electron chi connectivity index (χ2n) is 5.67. The molecule has 0 unspecified atom stereocenters. The second kappa shape index (κ2) is 6.81. The fraction of sp³-hybridized carbons (Fsp3) is 0.211. The topological polar surface area (TPSA) is 17.8 Å². The number of hydrogen-bond acceptors (Lipinski definition) is 2. The van der Waals surface area contributed by atoms with Crippen molar-refractivity contribution in [2.45, 2.75) is 24.5 Å². The van der Waals surface area contributed by atoms with Crippen LogP contribution in [-0.2, 0) is 12.8 Å². The van der Waals surface area contributed by atoms with Crippen LogP contribution < -0.4 is 0 Å². The molecule has 2 aromatic carbocycles. The van der Waals surface area contributed by atoms with E-state index in [1.807, 2.05) is 37.0 Å². The lowest BCUT2D eigenvalue weighted by Gasteiger charge is -2.08. The van der Waals surface area contributed by atoms with Crippen molar-refractivity contribution in [2.75, 3.05) is 0 Å². The van der Waals surface area contributed by atoms with Gasteiger partial charge in [0.1, 0.15) is 5.15 Å². The molecule has 0 spiro atoms. The molecule has 4 heteroatoms. The van der Waals surface area contributed by atoms with Crippen molar-refractivity contribution in [3.63, 3.8) is 0 Å². The van der Waals surface area contributed by atoms with Crippen LogP contribution in [0.3, 0.4) is 0 Å². The Hall–Kier alpha value is -1.71. The SMILES string of the molecule is Cc1ccc(C)c(SCc2c(-c3ccccc3)nn(C)c2Cl)c1. The monoisotopic (exact) mass is 342 g/mol. The summed E-state index contributed by atoms with van der Waals surface area (Å²) in [6.07, 6.45) is 0. The van der Waals surface area contributed by atoms with Crippen molar-refractivity contribution >= 4 is 23.4 Å². The Morgan fingerprint density at radius 2 is 1.83 bits per heavy atom. The van der Waals surface area contributed by atoms with E-state index in [4.69, 9.17) is 11.6 Å². The highest BCUT2D eigenvalue weighted by Gasteiger charge is 2.16. The van der Waals surface area contributed by atoms with Gasteiger partial charge >= 0.3 is 0 Å². The van der Waals surface area contributed by atoms with Gasteiger partial charge < -0.3 is 0 Å². The van der Waals surface area contributed by atoms with Crippen LogP contribution in [0, 0.1) is 13.8 Å². The van der Waals surface area contributed by atoms with Crippen molar-refractivity contribution in [2.24, 2.45) is 7.05 Å². The number of hydrogen-bond donors (Lipinski definition) is 0. The zero-order valence-electron chi connectivity index (χ0n) is 13.5. The van der Waals surface area contributed by atoms with Gasteiger partial charge in [-0.05, 0) is 25.5 Å². The van der Waals surface area contributed by atoms with Gasteiger partial charge in [-0.15, -0.1) is 11.8 Å². The fourth-order valence-electron chi connectivity index (χ4n) is 2.52. The Labute approximate surface area is 146 Å². The number of nitrogens with zero attached hydrogens (tertiary/aromatic N) is 2. The Morgan fingerprint density at radius 3 is 2.57 bits per heavy atom. The number of aromatic nitrogens is 2. The Morgan fingerprint density at radius 1 is 1.09 bits per heavy atom. The molecule has 0 fully saturated rings. The molecular formula is C19H19ClN2S. The lowest BCUT2D eigenvalue weighted by atomic mass is 10.1. The summed E-state index contributed by atoms with van der Waals surface area (Å²) in [5, 5.41) is 5.31. The van der Waals surface area contributed by atoms with Gasteiger partial charge in [-0.3, -0.25) is 4.68 Å². The summed E-state index contributed by atoms with van der Waals surface area (Å²) < 4.78 is 1.75. The van der Waals surface area contributed by atoms with Crippen molar-refractivity contribution in [1.82, 2.24) is 9.78 Å². The van der Waals surface area contributed by atoms with Crippen LogP contribution >= 0.6 is 23.4 Å². The maximum absolute atomic E-state index is 6.49. The zero-order valence-corrected chi connectivity index (χ0v) is 15.1. The highest BCUT2D eigenvalue weighted by atomic mass is 35.5. The number of halogens is 1. The van der Waals surface area contributed by atoms with E-state index in [9.17, 15) is 0 Å². The summed E-state index contributed by atoms with van der Waals surface area (Å²) in [4.78, 5) is 1.30. The number of aryl methyl sites for hydroxylation is 3. The molecule has 0 radical (unpaired) electrons. The number of rotatable bonds is 4. The van der Waals surface area contributed by atoms with Crippen LogP contribution in [0.2, 0.25) is 5.15 Å². The first kappa shape index (κ1) is 16.2.